The van der Waals surface area contributed by atoms with Crippen molar-refractivity contribution in [1.29, 1.82) is 0 Å². The quantitative estimate of drug-likeness (QED) is 0.920. The van der Waals surface area contributed by atoms with Crippen molar-refractivity contribution in [3.05, 3.63) is 53.6 Å². The number of ether oxygens (including phenoxy) is 3. The van der Waals surface area contributed by atoms with Gasteiger partial charge in [-0.3, -0.25) is 4.79 Å². The molecule has 0 unspecified atom stereocenters. The van der Waals surface area contributed by atoms with Crippen LogP contribution in [-0.4, -0.2) is 25.7 Å². The Balaban J connectivity index is 1.88. The predicted octanol–water partition coefficient (Wildman–Crippen LogP) is 3.74. The first-order valence-corrected chi connectivity index (χ1v) is 8.24. The fourth-order valence-electron chi connectivity index (χ4n) is 3.09. The van der Waals surface area contributed by atoms with Crippen molar-refractivity contribution in [3.63, 3.8) is 0 Å². The van der Waals surface area contributed by atoms with Gasteiger partial charge in [0, 0.05) is 23.6 Å². The van der Waals surface area contributed by atoms with E-state index in [1.165, 1.54) is 0 Å². The van der Waals surface area contributed by atoms with Crippen molar-refractivity contribution in [2.75, 3.05) is 14.2 Å². The Morgan fingerprint density at radius 2 is 1.84 bits per heavy atom. The molecule has 1 aliphatic heterocycles. The molecule has 1 N–H and O–H groups in total. The lowest BCUT2D eigenvalue weighted by Gasteiger charge is -2.38. The van der Waals surface area contributed by atoms with Crippen LogP contribution in [0.25, 0.3) is 0 Å². The number of nitrogens with one attached hydrogen (secondary N) is 1. The zero-order valence-electron chi connectivity index (χ0n) is 15.0. The molecule has 5 heteroatoms. The molecule has 2 aromatic rings. The second-order valence-corrected chi connectivity index (χ2v) is 6.73. The van der Waals surface area contributed by atoms with E-state index in [0.29, 0.717) is 17.7 Å². The van der Waals surface area contributed by atoms with E-state index < -0.39 is 0 Å². The smallest absolute Gasteiger partial charge is 0.251 e. The Bertz CT molecular complexity index is 785. The minimum absolute atomic E-state index is 0.136. The number of methoxy groups -OCH3 is 2. The molecular weight excluding hydrogens is 318 g/mol. The molecule has 0 saturated heterocycles. The maximum absolute atomic E-state index is 12.7. The zero-order valence-corrected chi connectivity index (χ0v) is 15.0. The van der Waals surface area contributed by atoms with Crippen LogP contribution in [0.5, 0.6) is 17.2 Å². The van der Waals surface area contributed by atoms with Gasteiger partial charge in [-0.05, 0) is 44.2 Å². The van der Waals surface area contributed by atoms with Gasteiger partial charge in [0.25, 0.3) is 5.91 Å². The second-order valence-electron chi connectivity index (χ2n) is 6.73. The van der Waals surface area contributed by atoms with Crippen LogP contribution in [0, 0.1) is 0 Å². The third-order valence-corrected chi connectivity index (χ3v) is 4.32. The van der Waals surface area contributed by atoms with Crippen LogP contribution in [-0.2, 0) is 0 Å². The monoisotopic (exact) mass is 341 g/mol. The first kappa shape index (κ1) is 17.1. The molecule has 1 heterocycles. The van der Waals surface area contributed by atoms with Gasteiger partial charge in [-0.1, -0.05) is 6.07 Å². The van der Waals surface area contributed by atoms with Crippen LogP contribution in [0.15, 0.2) is 42.5 Å². The van der Waals surface area contributed by atoms with Crippen molar-refractivity contribution in [2.45, 2.75) is 31.9 Å². The van der Waals surface area contributed by atoms with Gasteiger partial charge >= 0.3 is 0 Å². The second kappa shape index (κ2) is 6.67. The Labute approximate surface area is 147 Å². The summed E-state index contributed by atoms with van der Waals surface area (Å²) in [6.07, 6.45) is 0.683. The standard InChI is InChI=1S/C20H23NO4/c1-20(2)12-17(16-9-8-15(24-4)11-18(16)25-20)21-19(22)13-6-5-7-14(10-13)23-3/h5-11,17H,12H2,1-4H3,(H,21,22)/t17-/m0/s1. The van der Waals surface area contributed by atoms with Crippen LogP contribution in [0.4, 0.5) is 0 Å². The van der Waals surface area contributed by atoms with Gasteiger partial charge in [-0.25, -0.2) is 0 Å². The molecule has 1 amide bonds. The van der Waals surface area contributed by atoms with Crippen molar-refractivity contribution < 1.29 is 19.0 Å². The Kier molecular flexibility index (Phi) is 4.57. The van der Waals surface area contributed by atoms with E-state index in [0.717, 1.165) is 17.1 Å². The molecule has 0 saturated carbocycles. The van der Waals surface area contributed by atoms with Crippen molar-refractivity contribution in [2.24, 2.45) is 0 Å². The summed E-state index contributed by atoms with van der Waals surface area (Å²) >= 11 is 0. The molecule has 0 fully saturated rings. The summed E-state index contributed by atoms with van der Waals surface area (Å²) in [4.78, 5) is 12.7. The molecule has 1 atom stereocenters. The largest absolute Gasteiger partial charge is 0.497 e. The van der Waals surface area contributed by atoms with Gasteiger partial charge < -0.3 is 19.5 Å². The molecule has 25 heavy (non-hydrogen) atoms. The first-order chi connectivity index (χ1) is 11.9. The molecule has 3 rings (SSSR count). The summed E-state index contributed by atoms with van der Waals surface area (Å²) in [5, 5.41) is 3.12. The predicted molar refractivity (Wildman–Crippen MR) is 95.5 cm³/mol. The highest BCUT2D eigenvalue weighted by molar-refractivity contribution is 5.94. The minimum Gasteiger partial charge on any atom is -0.497 e. The summed E-state index contributed by atoms with van der Waals surface area (Å²) in [5.41, 5.74) is 1.14. The number of fused-ring (bicyclic) bond motifs is 1. The summed E-state index contributed by atoms with van der Waals surface area (Å²) in [7, 11) is 3.21. The van der Waals surface area contributed by atoms with E-state index in [2.05, 4.69) is 5.32 Å². The van der Waals surface area contributed by atoms with E-state index in [4.69, 9.17) is 14.2 Å². The van der Waals surface area contributed by atoms with E-state index in [1.54, 1.807) is 32.4 Å². The lowest BCUT2D eigenvalue weighted by Crippen LogP contribution is -2.41. The third kappa shape index (κ3) is 3.71. The van der Waals surface area contributed by atoms with Gasteiger partial charge in [0.05, 0.1) is 20.3 Å². The van der Waals surface area contributed by atoms with Gasteiger partial charge in [-0.2, -0.15) is 0 Å². The van der Waals surface area contributed by atoms with Crippen LogP contribution in [0.3, 0.4) is 0 Å². The first-order valence-electron chi connectivity index (χ1n) is 8.24. The molecule has 0 aliphatic carbocycles. The number of amides is 1. The highest BCUT2D eigenvalue weighted by Gasteiger charge is 2.35. The molecular formula is C20H23NO4. The summed E-state index contributed by atoms with van der Waals surface area (Å²) in [5.74, 6) is 1.99. The number of carbonyl (C=O) groups excluding carboxylic acids is 1. The number of rotatable bonds is 4. The van der Waals surface area contributed by atoms with Gasteiger partial charge in [0.15, 0.2) is 0 Å². The van der Waals surface area contributed by atoms with Crippen molar-refractivity contribution in [3.8, 4) is 17.2 Å². The molecule has 2 aromatic carbocycles. The molecule has 0 aromatic heterocycles. The van der Waals surface area contributed by atoms with Gasteiger partial charge in [0.1, 0.15) is 22.8 Å². The molecule has 1 aliphatic rings. The van der Waals surface area contributed by atoms with E-state index in [-0.39, 0.29) is 17.6 Å². The fourth-order valence-corrected chi connectivity index (χ4v) is 3.09. The van der Waals surface area contributed by atoms with E-state index in [9.17, 15) is 4.79 Å². The number of benzene rings is 2. The maximum atomic E-state index is 12.7. The van der Waals surface area contributed by atoms with Crippen LogP contribution in [0.1, 0.15) is 42.2 Å². The highest BCUT2D eigenvalue weighted by Crippen LogP contribution is 2.41. The Morgan fingerprint density at radius 3 is 2.56 bits per heavy atom. The summed E-state index contributed by atoms with van der Waals surface area (Å²) in [6.45, 7) is 4.03. The molecule has 5 nitrogen and oxygen atoms in total. The normalized spacial score (nSPS) is 17.8. The average molecular weight is 341 g/mol. The molecule has 0 bridgehead atoms. The zero-order chi connectivity index (χ0) is 18.0. The number of hydrogen-bond acceptors (Lipinski definition) is 4. The molecule has 0 spiro atoms. The molecule has 0 radical (unpaired) electrons. The van der Waals surface area contributed by atoms with Gasteiger partial charge in [-0.15, -0.1) is 0 Å². The Morgan fingerprint density at radius 1 is 1.12 bits per heavy atom. The van der Waals surface area contributed by atoms with Crippen molar-refractivity contribution >= 4 is 5.91 Å². The maximum Gasteiger partial charge on any atom is 0.251 e. The lowest BCUT2D eigenvalue weighted by atomic mass is 9.89. The van der Waals surface area contributed by atoms with Crippen LogP contribution >= 0.6 is 0 Å². The fraction of sp³-hybridized carbons (Fsp3) is 0.350. The summed E-state index contributed by atoms with van der Waals surface area (Å²) < 4.78 is 16.5. The SMILES string of the molecule is COc1cccc(C(=O)N[C@H]2CC(C)(C)Oc3cc(OC)ccc32)c1. The highest BCUT2D eigenvalue weighted by atomic mass is 16.5. The minimum atomic E-state index is -0.383. The van der Waals surface area contributed by atoms with Crippen molar-refractivity contribution in [1.82, 2.24) is 5.32 Å². The van der Waals surface area contributed by atoms with Crippen LogP contribution in [0.2, 0.25) is 0 Å². The Hall–Kier alpha value is -2.69. The van der Waals surface area contributed by atoms with Crippen LogP contribution < -0.4 is 19.5 Å². The topological polar surface area (TPSA) is 56.8 Å². The summed E-state index contributed by atoms with van der Waals surface area (Å²) in [6, 6.07) is 12.7. The van der Waals surface area contributed by atoms with E-state index in [1.807, 2.05) is 38.1 Å². The average Bonchev–Trinajstić information content (AvgIpc) is 2.60. The number of hydrogen-bond donors (Lipinski definition) is 1. The van der Waals surface area contributed by atoms with E-state index >= 15 is 0 Å². The lowest BCUT2D eigenvalue weighted by molar-refractivity contribution is 0.0617. The molecule has 132 valence electrons. The third-order valence-electron chi connectivity index (χ3n) is 4.32. The van der Waals surface area contributed by atoms with Gasteiger partial charge in [0.2, 0.25) is 0 Å². The number of carbonyl (C=O) groups is 1.